The normalized spacial score (nSPS) is 11.4. The number of fused-ring (bicyclic) bond motifs is 1. The number of para-hydroxylation sites is 1. The molecular weight excluding hydrogens is 453 g/mol. The Hall–Kier alpha value is -4.46. The third kappa shape index (κ3) is 5.22. The zero-order valence-electron chi connectivity index (χ0n) is 18.3. The fourth-order valence-corrected chi connectivity index (χ4v) is 3.59. The van der Waals surface area contributed by atoms with Crippen molar-refractivity contribution < 1.29 is 17.9 Å². The molecule has 0 saturated carbocycles. The van der Waals surface area contributed by atoms with Crippen LogP contribution in [0.15, 0.2) is 97.3 Å². The number of halogens is 3. The van der Waals surface area contributed by atoms with Crippen molar-refractivity contribution in [1.82, 2.24) is 15.0 Å². The van der Waals surface area contributed by atoms with E-state index < -0.39 is 11.7 Å². The van der Waals surface area contributed by atoms with Crippen molar-refractivity contribution in [2.75, 3.05) is 5.32 Å². The molecule has 174 valence electrons. The standard InChI is InChI=1S/C27H19F3N4O/c28-27(29,30)21-12-9-19(10-13-21)22-15-25(32-17-31-22)33-24-14-11-20-7-4-8-23(26(20)34-24)35-16-18-5-2-1-3-6-18/h1-15,17H,16H2,(H,31,32,33,34). The van der Waals surface area contributed by atoms with Crippen molar-refractivity contribution in [3.63, 3.8) is 0 Å². The molecule has 0 unspecified atom stereocenters. The number of alkyl halides is 3. The van der Waals surface area contributed by atoms with Crippen LogP contribution >= 0.6 is 0 Å². The van der Waals surface area contributed by atoms with Crippen molar-refractivity contribution in [2.24, 2.45) is 0 Å². The molecule has 8 heteroatoms. The average molecular weight is 472 g/mol. The smallest absolute Gasteiger partial charge is 0.416 e. The highest BCUT2D eigenvalue weighted by atomic mass is 19.4. The van der Waals surface area contributed by atoms with Crippen molar-refractivity contribution >= 4 is 22.5 Å². The molecule has 5 nitrogen and oxygen atoms in total. The SMILES string of the molecule is FC(F)(F)c1ccc(-c2cc(Nc3ccc4cccc(OCc5ccccc5)c4n3)ncn2)cc1. The summed E-state index contributed by atoms with van der Waals surface area (Å²) in [5.41, 5.74) is 2.08. The molecule has 0 saturated heterocycles. The summed E-state index contributed by atoms with van der Waals surface area (Å²) in [7, 11) is 0. The predicted molar refractivity (Wildman–Crippen MR) is 128 cm³/mol. The highest BCUT2D eigenvalue weighted by Crippen LogP contribution is 2.31. The summed E-state index contributed by atoms with van der Waals surface area (Å²) < 4.78 is 44.6. The molecule has 0 aliphatic rings. The second-order valence-electron chi connectivity index (χ2n) is 7.79. The fourth-order valence-electron chi connectivity index (χ4n) is 3.59. The number of hydrogen-bond acceptors (Lipinski definition) is 5. The first kappa shape index (κ1) is 22.3. The number of pyridine rings is 1. The van der Waals surface area contributed by atoms with Gasteiger partial charge in [-0.15, -0.1) is 0 Å². The zero-order chi connectivity index (χ0) is 24.3. The van der Waals surface area contributed by atoms with Gasteiger partial charge in [0.1, 0.15) is 35.8 Å². The minimum atomic E-state index is -4.39. The van der Waals surface area contributed by atoms with Gasteiger partial charge in [0.25, 0.3) is 0 Å². The third-order valence-corrected chi connectivity index (χ3v) is 5.35. The zero-order valence-corrected chi connectivity index (χ0v) is 18.3. The number of anilines is 2. The Kier molecular flexibility index (Phi) is 6.01. The number of nitrogens with one attached hydrogen (secondary N) is 1. The summed E-state index contributed by atoms with van der Waals surface area (Å²) in [6, 6.07) is 25.9. The van der Waals surface area contributed by atoms with Gasteiger partial charge >= 0.3 is 6.18 Å². The average Bonchev–Trinajstić information content (AvgIpc) is 2.88. The van der Waals surface area contributed by atoms with Gasteiger partial charge in [-0.25, -0.2) is 15.0 Å². The fraction of sp³-hybridized carbons (Fsp3) is 0.0741. The third-order valence-electron chi connectivity index (χ3n) is 5.35. The van der Waals surface area contributed by atoms with Crippen LogP contribution in [0, 0.1) is 0 Å². The van der Waals surface area contributed by atoms with Gasteiger partial charge in [-0.2, -0.15) is 13.2 Å². The maximum Gasteiger partial charge on any atom is 0.416 e. The molecule has 3 aromatic carbocycles. The number of benzene rings is 3. The Morgan fingerprint density at radius 3 is 2.34 bits per heavy atom. The summed E-state index contributed by atoms with van der Waals surface area (Å²) in [5.74, 6) is 1.66. The van der Waals surface area contributed by atoms with Crippen molar-refractivity contribution in [2.45, 2.75) is 12.8 Å². The Morgan fingerprint density at radius 1 is 0.771 bits per heavy atom. The second kappa shape index (κ2) is 9.42. The van der Waals surface area contributed by atoms with Crippen LogP contribution in [-0.4, -0.2) is 15.0 Å². The largest absolute Gasteiger partial charge is 0.487 e. The first-order valence-corrected chi connectivity index (χ1v) is 10.8. The van der Waals surface area contributed by atoms with Gasteiger partial charge < -0.3 is 10.1 Å². The van der Waals surface area contributed by atoms with E-state index in [0.29, 0.717) is 40.8 Å². The summed E-state index contributed by atoms with van der Waals surface area (Å²) in [4.78, 5) is 13.1. The Balaban J connectivity index is 1.38. The molecule has 0 fully saturated rings. The molecule has 5 aromatic rings. The van der Waals surface area contributed by atoms with E-state index in [9.17, 15) is 13.2 Å². The maximum absolute atomic E-state index is 12.9. The molecule has 0 spiro atoms. The van der Waals surface area contributed by atoms with Crippen LogP contribution in [0.2, 0.25) is 0 Å². The van der Waals surface area contributed by atoms with Crippen LogP contribution in [0.1, 0.15) is 11.1 Å². The first-order chi connectivity index (χ1) is 17.0. The van der Waals surface area contributed by atoms with E-state index in [-0.39, 0.29) is 0 Å². The lowest BCUT2D eigenvalue weighted by molar-refractivity contribution is -0.137. The monoisotopic (exact) mass is 472 g/mol. The van der Waals surface area contributed by atoms with Gasteiger partial charge in [0.15, 0.2) is 0 Å². The van der Waals surface area contributed by atoms with Crippen LogP contribution in [0.5, 0.6) is 5.75 Å². The molecule has 0 amide bonds. The topological polar surface area (TPSA) is 59.9 Å². The predicted octanol–water partition coefficient (Wildman–Crippen LogP) is 7.03. The van der Waals surface area contributed by atoms with E-state index in [4.69, 9.17) is 9.72 Å². The quantitative estimate of drug-likeness (QED) is 0.287. The minimum Gasteiger partial charge on any atom is -0.487 e. The lowest BCUT2D eigenvalue weighted by atomic mass is 10.1. The molecule has 5 rings (SSSR count). The minimum absolute atomic E-state index is 0.418. The number of hydrogen-bond donors (Lipinski definition) is 1. The van der Waals surface area contributed by atoms with Gasteiger partial charge in [-0.1, -0.05) is 54.6 Å². The number of ether oxygens (including phenoxy) is 1. The van der Waals surface area contributed by atoms with Crippen LogP contribution in [-0.2, 0) is 12.8 Å². The summed E-state index contributed by atoms with van der Waals surface area (Å²) in [6.07, 6.45) is -3.03. The summed E-state index contributed by atoms with van der Waals surface area (Å²) in [6.45, 7) is 0.418. The van der Waals surface area contributed by atoms with E-state index in [1.165, 1.54) is 18.5 Å². The molecule has 2 aromatic heterocycles. The van der Waals surface area contributed by atoms with E-state index in [2.05, 4.69) is 15.3 Å². The Labute approximate surface area is 199 Å². The molecule has 0 aliphatic heterocycles. The van der Waals surface area contributed by atoms with Crippen LogP contribution in [0.25, 0.3) is 22.2 Å². The van der Waals surface area contributed by atoms with E-state index in [1.807, 2.05) is 60.7 Å². The van der Waals surface area contributed by atoms with Crippen LogP contribution in [0.3, 0.4) is 0 Å². The molecule has 0 atom stereocenters. The van der Waals surface area contributed by atoms with Crippen molar-refractivity contribution in [3.8, 4) is 17.0 Å². The van der Waals surface area contributed by atoms with Gasteiger partial charge in [-0.05, 0) is 35.9 Å². The van der Waals surface area contributed by atoms with Gasteiger partial charge in [-0.3, -0.25) is 0 Å². The number of nitrogens with zero attached hydrogens (tertiary/aromatic N) is 3. The Morgan fingerprint density at radius 2 is 1.57 bits per heavy atom. The van der Waals surface area contributed by atoms with E-state index >= 15 is 0 Å². The molecular formula is C27H19F3N4O. The lowest BCUT2D eigenvalue weighted by Crippen LogP contribution is -2.04. The molecule has 35 heavy (non-hydrogen) atoms. The van der Waals surface area contributed by atoms with Gasteiger partial charge in [0.05, 0.1) is 11.3 Å². The molecule has 0 radical (unpaired) electrons. The van der Waals surface area contributed by atoms with Crippen LogP contribution in [0.4, 0.5) is 24.8 Å². The second-order valence-corrected chi connectivity index (χ2v) is 7.79. The van der Waals surface area contributed by atoms with Gasteiger partial charge in [0, 0.05) is 17.0 Å². The highest BCUT2D eigenvalue weighted by molar-refractivity contribution is 5.86. The van der Waals surface area contributed by atoms with Gasteiger partial charge in [0.2, 0.25) is 0 Å². The molecule has 0 aliphatic carbocycles. The van der Waals surface area contributed by atoms with E-state index in [1.54, 1.807) is 6.07 Å². The number of rotatable bonds is 6. The van der Waals surface area contributed by atoms with Crippen molar-refractivity contribution in [1.29, 1.82) is 0 Å². The first-order valence-electron chi connectivity index (χ1n) is 10.8. The van der Waals surface area contributed by atoms with Crippen molar-refractivity contribution in [3.05, 3.63) is 108 Å². The molecule has 0 bridgehead atoms. The lowest BCUT2D eigenvalue weighted by Gasteiger charge is -2.11. The molecule has 1 N–H and O–H groups in total. The Bertz CT molecular complexity index is 1460. The van der Waals surface area contributed by atoms with E-state index in [0.717, 1.165) is 23.1 Å². The van der Waals surface area contributed by atoms with Crippen LogP contribution < -0.4 is 10.1 Å². The maximum atomic E-state index is 12.9. The highest BCUT2D eigenvalue weighted by Gasteiger charge is 2.30. The summed E-state index contributed by atoms with van der Waals surface area (Å²) >= 11 is 0. The molecule has 2 heterocycles. The number of aromatic nitrogens is 3. The summed E-state index contributed by atoms with van der Waals surface area (Å²) in [5, 5.41) is 4.07.